The number of nitrogens with zero attached hydrogens (tertiary/aromatic N) is 1. The molecule has 0 radical (unpaired) electrons. The molecule has 0 saturated heterocycles. The van der Waals surface area contributed by atoms with E-state index in [0.717, 1.165) is 17.7 Å². The van der Waals surface area contributed by atoms with E-state index in [2.05, 4.69) is 10.5 Å². The monoisotopic (exact) mass is 330 g/mol. The molecule has 0 atom stereocenters. The van der Waals surface area contributed by atoms with E-state index in [4.69, 9.17) is 4.74 Å². The fraction of sp³-hybridized carbons (Fsp3) is 0.176. The van der Waals surface area contributed by atoms with Crippen LogP contribution in [-0.2, 0) is 0 Å². The van der Waals surface area contributed by atoms with Crippen molar-refractivity contribution in [2.24, 2.45) is 5.10 Å². The quantitative estimate of drug-likeness (QED) is 0.382. The van der Waals surface area contributed by atoms with E-state index in [1.807, 2.05) is 19.1 Å². The predicted molar refractivity (Wildman–Crippen MR) is 88.7 cm³/mol. The lowest BCUT2D eigenvalue weighted by atomic mass is 10.1. The third-order valence-corrected chi connectivity index (χ3v) is 3.38. The summed E-state index contributed by atoms with van der Waals surface area (Å²) in [6.07, 6.45) is 0.582. The molecule has 0 fully saturated rings. The number of carbonyl (C=O) groups excluding carboxylic acids is 1. The SMILES string of the molecule is CCC(=NNC(=O)c1cc(O)c(O)c(O)c1)c1ccc(OC)cc1. The van der Waals surface area contributed by atoms with Crippen LogP contribution in [0.1, 0.15) is 29.3 Å². The Hall–Kier alpha value is -3.22. The largest absolute Gasteiger partial charge is 0.504 e. The molecule has 0 heterocycles. The minimum atomic E-state index is -0.678. The standard InChI is InChI=1S/C17H18N2O5/c1-3-13(10-4-6-12(24-2)7-5-10)18-19-17(23)11-8-14(20)16(22)15(21)9-11/h4-9,20-22H,3H2,1-2H3,(H,19,23). The van der Waals surface area contributed by atoms with Crippen molar-refractivity contribution in [2.45, 2.75) is 13.3 Å². The van der Waals surface area contributed by atoms with Gasteiger partial charge in [-0.3, -0.25) is 4.79 Å². The second-order valence-electron chi connectivity index (χ2n) is 4.94. The first-order valence-electron chi connectivity index (χ1n) is 7.22. The van der Waals surface area contributed by atoms with Crippen LogP contribution in [0.3, 0.4) is 0 Å². The minimum absolute atomic E-state index is 0.0308. The third kappa shape index (κ3) is 3.75. The van der Waals surface area contributed by atoms with Crippen LogP contribution >= 0.6 is 0 Å². The highest BCUT2D eigenvalue weighted by atomic mass is 16.5. The van der Waals surface area contributed by atoms with Gasteiger partial charge in [0.1, 0.15) is 5.75 Å². The highest BCUT2D eigenvalue weighted by molar-refractivity contribution is 6.02. The fourth-order valence-electron chi connectivity index (χ4n) is 2.05. The average molecular weight is 330 g/mol. The number of aromatic hydroxyl groups is 3. The van der Waals surface area contributed by atoms with Crippen molar-refractivity contribution in [1.29, 1.82) is 0 Å². The molecule has 7 heteroatoms. The summed E-state index contributed by atoms with van der Waals surface area (Å²) in [6, 6.07) is 9.31. The van der Waals surface area contributed by atoms with Gasteiger partial charge >= 0.3 is 0 Å². The molecule has 0 aliphatic rings. The lowest BCUT2D eigenvalue weighted by Crippen LogP contribution is -2.20. The summed E-state index contributed by atoms with van der Waals surface area (Å²) >= 11 is 0. The Morgan fingerprint density at radius 1 is 1.08 bits per heavy atom. The van der Waals surface area contributed by atoms with Crippen LogP contribution in [0, 0.1) is 0 Å². The maximum atomic E-state index is 12.1. The molecule has 0 bridgehead atoms. The molecule has 2 aromatic rings. The van der Waals surface area contributed by atoms with E-state index in [1.165, 1.54) is 0 Å². The van der Waals surface area contributed by atoms with Crippen LogP contribution in [0.15, 0.2) is 41.5 Å². The molecular formula is C17H18N2O5. The number of hydrogen-bond donors (Lipinski definition) is 4. The zero-order chi connectivity index (χ0) is 17.7. The normalized spacial score (nSPS) is 11.2. The molecule has 0 saturated carbocycles. The summed E-state index contributed by atoms with van der Waals surface area (Å²) in [5.41, 5.74) is 3.81. The topological polar surface area (TPSA) is 111 Å². The Morgan fingerprint density at radius 3 is 2.17 bits per heavy atom. The van der Waals surface area contributed by atoms with Crippen LogP contribution in [0.5, 0.6) is 23.0 Å². The summed E-state index contributed by atoms with van der Waals surface area (Å²) in [5.74, 6) is -1.76. The van der Waals surface area contributed by atoms with E-state index >= 15 is 0 Å². The van der Waals surface area contributed by atoms with Crippen molar-refractivity contribution in [3.8, 4) is 23.0 Å². The number of rotatable bonds is 5. The van der Waals surface area contributed by atoms with Gasteiger partial charge in [0.2, 0.25) is 0 Å². The molecule has 7 nitrogen and oxygen atoms in total. The van der Waals surface area contributed by atoms with Crippen molar-refractivity contribution in [3.63, 3.8) is 0 Å². The molecule has 2 aromatic carbocycles. The van der Waals surface area contributed by atoms with Crippen molar-refractivity contribution < 1.29 is 24.9 Å². The minimum Gasteiger partial charge on any atom is -0.504 e. The Labute approximate surface area is 138 Å². The van der Waals surface area contributed by atoms with Crippen molar-refractivity contribution >= 4 is 11.6 Å². The number of benzene rings is 2. The first-order chi connectivity index (χ1) is 11.5. The van der Waals surface area contributed by atoms with Gasteiger partial charge in [0, 0.05) is 5.56 Å². The van der Waals surface area contributed by atoms with Crippen molar-refractivity contribution in [1.82, 2.24) is 5.43 Å². The number of methoxy groups -OCH3 is 1. The predicted octanol–water partition coefficient (Wildman–Crippen LogP) is 2.36. The molecule has 126 valence electrons. The van der Waals surface area contributed by atoms with Gasteiger partial charge in [-0.05, 0) is 48.4 Å². The van der Waals surface area contributed by atoms with Crippen LogP contribution in [0.4, 0.5) is 0 Å². The van der Waals surface area contributed by atoms with Gasteiger partial charge in [0.05, 0.1) is 12.8 Å². The zero-order valence-electron chi connectivity index (χ0n) is 13.3. The Morgan fingerprint density at radius 2 is 1.67 bits per heavy atom. The second kappa shape index (κ2) is 7.36. The van der Waals surface area contributed by atoms with E-state index in [-0.39, 0.29) is 5.56 Å². The number of hydrazone groups is 1. The molecule has 24 heavy (non-hydrogen) atoms. The Balaban J connectivity index is 2.18. The van der Waals surface area contributed by atoms with Gasteiger partial charge in [-0.1, -0.05) is 6.92 Å². The fourth-order valence-corrected chi connectivity index (χ4v) is 2.05. The zero-order valence-corrected chi connectivity index (χ0v) is 13.3. The van der Waals surface area contributed by atoms with Crippen LogP contribution in [0.2, 0.25) is 0 Å². The number of phenols is 3. The van der Waals surface area contributed by atoms with Gasteiger partial charge in [0.25, 0.3) is 5.91 Å². The van der Waals surface area contributed by atoms with Crippen molar-refractivity contribution in [3.05, 3.63) is 47.5 Å². The summed E-state index contributed by atoms with van der Waals surface area (Å²) < 4.78 is 5.09. The molecule has 4 N–H and O–H groups in total. The number of carbonyl (C=O) groups is 1. The smallest absolute Gasteiger partial charge is 0.271 e. The molecule has 1 amide bonds. The van der Waals surface area contributed by atoms with Crippen molar-refractivity contribution in [2.75, 3.05) is 7.11 Å². The van der Waals surface area contributed by atoms with E-state index in [0.29, 0.717) is 17.9 Å². The number of nitrogens with one attached hydrogen (secondary N) is 1. The highest BCUT2D eigenvalue weighted by Gasteiger charge is 2.13. The molecule has 0 spiro atoms. The van der Waals surface area contributed by atoms with Crippen LogP contribution < -0.4 is 10.2 Å². The number of hydrogen-bond acceptors (Lipinski definition) is 6. The second-order valence-corrected chi connectivity index (χ2v) is 4.94. The lowest BCUT2D eigenvalue weighted by Gasteiger charge is -2.08. The molecular weight excluding hydrogens is 312 g/mol. The lowest BCUT2D eigenvalue weighted by molar-refractivity contribution is 0.0954. The first-order valence-corrected chi connectivity index (χ1v) is 7.22. The Bertz CT molecular complexity index is 746. The van der Waals surface area contributed by atoms with Gasteiger partial charge < -0.3 is 20.1 Å². The first kappa shape index (κ1) is 17.1. The molecule has 0 aromatic heterocycles. The van der Waals surface area contributed by atoms with Crippen LogP contribution in [0.25, 0.3) is 0 Å². The highest BCUT2D eigenvalue weighted by Crippen LogP contribution is 2.35. The summed E-state index contributed by atoms with van der Waals surface area (Å²) in [4.78, 5) is 12.1. The van der Waals surface area contributed by atoms with Gasteiger partial charge in [-0.15, -0.1) is 0 Å². The average Bonchev–Trinajstić information content (AvgIpc) is 2.60. The summed E-state index contributed by atoms with van der Waals surface area (Å²) in [5, 5.41) is 32.3. The maximum absolute atomic E-state index is 12.1. The van der Waals surface area contributed by atoms with Gasteiger partial charge in [0.15, 0.2) is 17.2 Å². The number of phenolic OH excluding ortho intramolecular Hbond substituents is 3. The molecule has 0 unspecified atom stereocenters. The summed E-state index contributed by atoms with van der Waals surface area (Å²) in [6.45, 7) is 1.90. The molecule has 0 aliphatic carbocycles. The van der Waals surface area contributed by atoms with Gasteiger partial charge in [-0.2, -0.15) is 5.10 Å². The van der Waals surface area contributed by atoms with Crippen LogP contribution in [-0.4, -0.2) is 34.0 Å². The van der Waals surface area contributed by atoms with E-state index in [1.54, 1.807) is 19.2 Å². The number of amides is 1. The molecule has 2 rings (SSSR count). The maximum Gasteiger partial charge on any atom is 0.271 e. The number of ether oxygens (including phenoxy) is 1. The molecule has 0 aliphatic heterocycles. The summed E-state index contributed by atoms with van der Waals surface area (Å²) in [7, 11) is 1.58. The van der Waals surface area contributed by atoms with E-state index in [9.17, 15) is 20.1 Å². The van der Waals surface area contributed by atoms with E-state index < -0.39 is 23.2 Å². The Kier molecular flexibility index (Phi) is 5.26. The third-order valence-electron chi connectivity index (χ3n) is 3.38. The van der Waals surface area contributed by atoms with Gasteiger partial charge in [-0.25, -0.2) is 5.43 Å².